The molecule has 0 aliphatic heterocycles. The molecular formula is C14H15NO3. The zero-order valence-corrected chi connectivity index (χ0v) is 10.2. The van der Waals surface area contributed by atoms with Gasteiger partial charge < -0.3 is 14.6 Å². The number of hydrogen-bond donors (Lipinski definition) is 1. The van der Waals surface area contributed by atoms with E-state index >= 15 is 0 Å². The van der Waals surface area contributed by atoms with E-state index in [1.54, 1.807) is 37.7 Å². The third-order valence-corrected chi connectivity index (χ3v) is 2.55. The molecule has 0 aliphatic rings. The highest BCUT2D eigenvalue weighted by Crippen LogP contribution is 2.28. The number of ether oxygens (including phenoxy) is 2. The van der Waals surface area contributed by atoms with Crippen molar-refractivity contribution in [3.05, 3.63) is 53.9 Å². The van der Waals surface area contributed by atoms with Crippen LogP contribution in [0.15, 0.2) is 42.7 Å². The summed E-state index contributed by atoms with van der Waals surface area (Å²) in [6.07, 6.45) is 3.44. The Labute approximate surface area is 106 Å². The summed E-state index contributed by atoms with van der Waals surface area (Å²) >= 11 is 0. The molecule has 0 saturated heterocycles. The van der Waals surface area contributed by atoms with Gasteiger partial charge >= 0.3 is 0 Å². The molecule has 2 aromatic rings. The molecule has 4 heteroatoms. The number of aliphatic hydroxyl groups is 1. The predicted molar refractivity (Wildman–Crippen MR) is 67.5 cm³/mol. The number of benzene rings is 1. The van der Waals surface area contributed by atoms with Crippen molar-refractivity contribution in [3.8, 4) is 11.5 Å². The fourth-order valence-electron chi connectivity index (χ4n) is 1.57. The van der Waals surface area contributed by atoms with E-state index in [2.05, 4.69) is 4.98 Å². The van der Waals surface area contributed by atoms with E-state index in [0.29, 0.717) is 18.1 Å². The molecule has 0 aliphatic carbocycles. The van der Waals surface area contributed by atoms with Crippen molar-refractivity contribution in [3.63, 3.8) is 0 Å². The van der Waals surface area contributed by atoms with Crippen molar-refractivity contribution >= 4 is 0 Å². The van der Waals surface area contributed by atoms with Crippen LogP contribution in [0.25, 0.3) is 0 Å². The third-order valence-electron chi connectivity index (χ3n) is 2.55. The van der Waals surface area contributed by atoms with Gasteiger partial charge in [-0.05, 0) is 35.4 Å². The second-order valence-electron chi connectivity index (χ2n) is 3.79. The minimum absolute atomic E-state index is 0.0182. The molecule has 94 valence electrons. The molecule has 18 heavy (non-hydrogen) atoms. The Hall–Kier alpha value is -2.07. The van der Waals surface area contributed by atoms with E-state index in [1.807, 2.05) is 12.1 Å². The summed E-state index contributed by atoms with van der Waals surface area (Å²) < 4.78 is 10.9. The largest absolute Gasteiger partial charge is 0.493 e. The molecule has 0 bridgehead atoms. The SMILES string of the molecule is COc1ccc(CO)cc1OCc1ccncc1. The van der Waals surface area contributed by atoms with Crippen molar-refractivity contribution in [2.75, 3.05) is 7.11 Å². The molecule has 0 saturated carbocycles. The number of aromatic nitrogens is 1. The predicted octanol–water partition coefficient (Wildman–Crippen LogP) is 2.16. The van der Waals surface area contributed by atoms with Gasteiger partial charge in [0.1, 0.15) is 6.61 Å². The zero-order valence-electron chi connectivity index (χ0n) is 10.2. The van der Waals surface area contributed by atoms with Gasteiger partial charge in [0.05, 0.1) is 13.7 Å². The van der Waals surface area contributed by atoms with E-state index < -0.39 is 0 Å². The van der Waals surface area contributed by atoms with Crippen LogP contribution in [-0.2, 0) is 13.2 Å². The number of nitrogens with zero attached hydrogens (tertiary/aromatic N) is 1. The molecule has 0 fully saturated rings. The quantitative estimate of drug-likeness (QED) is 0.877. The fourth-order valence-corrected chi connectivity index (χ4v) is 1.57. The van der Waals surface area contributed by atoms with Crippen LogP contribution in [0.5, 0.6) is 11.5 Å². The molecular weight excluding hydrogens is 230 g/mol. The van der Waals surface area contributed by atoms with Crippen LogP contribution in [0.2, 0.25) is 0 Å². The van der Waals surface area contributed by atoms with E-state index in [1.165, 1.54) is 0 Å². The van der Waals surface area contributed by atoms with E-state index in [-0.39, 0.29) is 6.61 Å². The number of aliphatic hydroxyl groups excluding tert-OH is 1. The molecule has 1 N–H and O–H groups in total. The molecule has 0 spiro atoms. The molecule has 0 amide bonds. The van der Waals surface area contributed by atoms with Crippen LogP contribution in [0, 0.1) is 0 Å². The second-order valence-corrected chi connectivity index (χ2v) is 3.79. The van der Waals surface area contributed by atoms with Crippen LogP contribution < -0.4 is 9.47 Å². The maximum atomic E-state index is 9.11. The van der Waals surface area contributed by atoms with Crippen LogP contribution in [0.3, 0.4) is 0 Å². The van der Waals surface area contributed by atoms with Gasteiger partial charge in [-0.15, -0.1) is 0 Å². The summed E-state index contributed by atoms with van der Waals surface area (Å²) in [5.74, 6) is 1.28. The normalized spacial score (nSPS) is 10.1. The third kappa shape index (κ3) is 2.99. The molecule has 2 rings (SSSR count). The Morgan fingerprint density at radius 1 is 1.06 bits per heavy atom. The first kappa shape index (κ1) is 12.4. The van der Waals surface area contributed by atoms with Crippen LogP contribution in [0.1, 0.15) is 11.1 Å². The monoisotopic (exact) mass is 245 g/mol. The highest BCUT2D eigenvalue weighted by Gasteiger charge is 2.05. The Bertz CT molecular complexity index is 500. The van der Waals surface area contributed by atoms with Gasteiger partial charge in [0.25, 0.3) is 0 Å². The van der Waals surface area contributed by atoms with Crippen molar-refractivity contribution in [2.24, 2.45) is 0 Å². The van der Waals surface area contributed by atoms with Crippen molar-refractivity contribution in [2.45, 2.75) is 13.2 Å². The summed E-state index contributed by atoms with van der Waals surface area (Å²) in [6, 6.07) is 9.15. The smallest absolute Gasteiger partial charge is 0.162 e. The van der Waals surface area contributed by atoms with Crippen LogP contribution in [0.4, 0.5) is 0 Å². The van der Waals surface area contributed by atoms with Gasteiger partial charge in [0.15, 0.2) is 11.5 Å². The van der Waals surface area contributed by atoms with Gasteiger partial charge in [-0.2, -0.15) is 0 Å². The van der Waals surface area contributed by atoms with Gasteiger partial charge in [-0.1, -0.05) is 6.07 Å². The van der Waals surface area contributed by atoms with E-state index in [4.69, 9.17) is 14.6 Å². The maximum Gasteiger partial charge on any atom is 0.162 e. The lowest BCUT2D eigenvalue weighted by Gasteiger charge is -2.11. The van der Waals surface area contributed by atoms with E-state index in [9.17, 15) is 0 Å². The molecule has 1 aromatic carbocycles. The summed E-state index contributed by atoms with van der Waals surface area (Å²) in [4.78, 5) is 3.95. The molecule has 1 aromatic heterocycles. The first-order valence-electron chi connectivity index (χ1n) is 5.63. The minimum Gasteiger partial charge on any atom is -0.493 e. The molecule has 4 nitrogen and oxygen atoms in total. The van der Waals surface area contributed by atoms with Crippen LogP contribution >= 0.6 is 0 Å². The summed E-state index contributed by atoms with van der Waals surface area (Å²) in [5, 5.41) is 9.11. The van der Waals surface area contributed by atoms with Gasteiger partial charge in [-0.3, -0.25) is 4.98 Å². The first-order valence-corrected chi connectivity index (χ1v) is 5.63. The average Bonchev–Trinajstić information content (AvgIpc) is 2.45. The van der Waals surface area contributed by atoms with Gasteiger partial charge in [0, 0.05) is 12.4 Å². The molecule has 0 radical (unpaired) electrons. The highest BCUT2D eigenvalue weighted by molar-refractivity contribution is 5.42. The molecule has 1 heterocycles. The van der Waals surface area contributed by atoms with E-state index in [0.717, 1.165) is 11.1 Å². The van der Waals surface area contributed by atoms with Crippen molar-refractivity contribution in [1.29, 1.82) is 0 Å². The first-order chi connectivity index (χ1) is 8.83. The Morgan fingerprint density at radius 3 is 2.50 bits per heavy atom. The van der Waals surface area contributed by atoms with Crippen molar-refractivity contribution in [1.82, 2.24) is 4.98 Å². The lowest BCUT2D eigenvalue weighted by Crippen LogP contribution is -1.98. The summed E-state index contributed by atoms with van der Waals surface area (Å²) in [7, 11) is 1.59. The minimum atomic E-state index is -0.0182. The average molecular weight is 245 g/mol. The number of methoxy groups -OCH3 is 1. The highest BCUT2D eigenvalue weighted by atomic mass is 16.5. The topological polar surface area (TPSA) is 51.6 Å². The Morgan fingerprint density at radius 2 is 1.83 bits per heavy atom. The second kappa shape index (κ2) is 6.02. The number of rotatable bonds is 5. The lowest BCUT2D eigenvalue weighted by atomic mass is 10.2. The Kier molecular flexibility index (Phi) is 4.15. The maximum absolute atomic E-state index is 9.11. The summed E-state index contributed by atoms with van der Waals surface area (Å²) in [6.45, 7) is 0.420. The number of pyridine rings is 1. The van der Waals surface area contributed by atoms with Crippen molar-refractivity contribution < 1.29 is 14.6 Å². The lowest BCUT2D eigenvalue weighted by molar-refractivity contribution is 0.271. The summed E-state index contributed by atoms with van der Waals surface area (Å²) in [5.41, 5.74) is 1.82. The van der Waals surface area contributed by atoms with Gasteiger partial charge in [-0.25, -0.2) is 0 Å². The molecule has 0 atom stereocenters. The molecule has 0 unspecified atom stereocenters. The zero-order chi connectivity index (χ0) is 12.8. The standard InChI is InChI=1S/C14H15NO3/c1-17-13-3-2-12(9-16)8-14(13)18-10-11-4-6-15-7-5-11/h2-8,16H,9-10H2,1H3. The number of hydrogen-bond acceptors (Lipinski definition) is 4. The fraction of sp³-hybridized carbons (Fsp3) is 0.214. The van der Waals surface area contributed by atoms with Gasteiger partial charge in [0.2, 0.25) is 0 Å². The Balaban J connectivity index is 2.12. The van der Waals surface area contributed by atoms with Crippen LogP contribution in [-0.4, -0.2) is 17.2 Å².